The van der Waals surface area contributed by atoms with E-state index in [9.17, 15) is 37.8 Å². The summed E-state index contributed by atoms with van der Waals surface area (Å²) in [5.41, 5.74) is -1.28. The summed E-state index contributed by atoms with van der Waals surface area (Å²) < 4.78 is 39.1. The molecule has 186 valence electrons. The molecule has 2 amide bonds. The summed E-state index contributed by atoms with van der Waals surface area (Å²) in [5.74, 6) is -3.10. The second-order valence-electron chi connectivity index (χ2n) is 8.01. The van der Waals surface area contributed by atoms with E-state index in [2.05, 4.69) is 10.6 Å². The summed E-state index contributed by atoms with van der Waals surface area (Å²) in [7, 11) is 0. The molecule has 0 bridgehead atoms. The van der Waals surface area contributed by atoms with E-state index in [4.69, 9.17) is 0 Å². The molecule has 1 aromatic heterocycles. The van der Waals surface area contributed by atoms with Crippen LogP contribution in [0.15, 0.2) is 65.8 Å². The predicted octanol–water partition coefficient (Wildman–Crippen LogP) is 4.09. The molecular formula is C24H23F3N2O5S. The third-order valence-electron chi connectivity index (χ3n) is 5.38. The third-order valence-corrected chi connectivity index (χ3v) is 6.28. The second kappa shape index (κ2) is 11.2. The van der Waals surface area contributed by atoms with E-state index in [1.807, 2.05) is 0 Å². The zero-order valence-corrected chi connectivity index (χ0v) is 19.1. The highest BCUT2D eigenvalue weighted by molar-refractivity contribution is 7.09. The predicted molar refractivity (Wildman–Crippen MR) is 123 cm³/mol. The SMILES string of the molecule is O=C(N[C@@H](Cc1cccs1)C(=O)N[C@@H](CC1C=CC(O)=CC1)C(=O)O)c1cccc(C(F)(F)F)c1. The molecule has 1 aromatic carbocycles. The highest BCUT2D eigenvalue weighted by Gasteiger charge is 2.32. The Bertz CT molecular complexity index is 1130. The van der Waals surface area contributed by atoms with Gasteiger partial charge in [0.15, 0.2) is 0 Å². The summed E-state index contributed by atoms with van der Waals surface area (Å²) in [5, 5.41) is 25.7. The smallest absolute Gasteiger partial charge is 0.416 e. The maximum absolute atomic E-state index is 13.0. The molecule has 0 fully saturated rings. The summed E-state index contributed by atoms with van der Waals surface area (Å²) in [4.78, 5) is 38.3. The summed E-state index contributed by atoms with van der Waals surface area (Å²) in [6.45, 7) is 0. The molecule has 1 unspecified atom stereocenters. The molecule has 2 aromatic rings. The minimum absolute atomic E-state index is 0.0283. The zero-order chi connectivity index (χ0) is 25.6. The van der Waals surface area contributed by atoms with Crippen LogP contribution >= 0.6 is 11.3 Å². The van der Waals surface area contributed by atoms with Gasteiger partial charge in [0.2, 0.25) is 5.91 Å². The first kappa shape index (κ1) is 26.0. The number of benzene rings is 1. The van der Waals surface area contributed by atoms with Crippen molar-refractivity contribution in [3.8, 4) is 0 Å². The molecule has 0 saturated carbocycles. The van der Waals surface area contributed by atoms with Crippen LogP contribution in [-0.4, -0.2) is 40.1 Å². The summed E-state index contributed by atoms with van der Waals surface area (Å²) in [6, 6.07) is 4.78. The number of alkyl halides is 3. The molecule has 0 saturated heterocycles. The number of thiophene rings is 1. The van der Waals surface area contributed by atoms with Gasteiger partial charge in [0.05, 0.1) is 5.56 Å². The minimum atomic E-state index is -4.64. The fourth-order valence-corrected chi connectivity index (χ4v) is 4.29. The lowest BCUT2D eigenvalue weighted by atomic mass is 9.92. The number of aliphatic carboxylic acids is 1. The van der Waals surface area contributed by atoms with Crippen molar-refractivity contribution in [2.24, 2.45) is 5.92 Å². The average Bonchev–Trinajstić information content (AvgIpc) is 3.32. The molecule has 4 N–H and O–H groups in total. The topological polar surface area (TPSA) is 116 Å². The highest BCUT2D eigenvalue weighted by atomic mass is 32.1. The Morgan fingerprint density at radius 2 is 1.89 bits per heavy atom. The number of aliphatic hydroxyl groups is 1. The molecule has 0 radical (unpaired) electrons. The number of allylic oxidation sites excluding steroid dienone is 3. The fraction of sp³-hybridized carbons (Fsp3) is 0.292. The Kier molecular flexibility index (Phi) is 8.34. The van der Waals surface area contributed by atoms with Crippen LogP contribution in [0.1, 0.15) is 33.6 Å². The standard InChI is InChI=1S/C24H23F3N2O5S/c25-24(26,27)16-4-1-3-15(12-16)21(31)28-19(13-18-5-2-10-35-18)22(32)29-20(23(33)34)11-14-6-8-17(30)9-7-14/h1-6,8-10,12,14,19-20,30H,7,11,13H2,(H,28,31)(H,29,32)(H,33,34)/t14?,19-,20-/m0/s1. The quantitative estimate of drug-likeness (QED) is 0.407. The van der Waals surface area contributed by atoms with Gasteiger partial charge >= 0.3 is 12.1 Å². The monoisotopic (exact) mass is 508 g/mol. The number of hydrogen-bond acceptors (Lipinski definition) is 5. The van der Waals surface area contributed by atoms with E-state index in [1.54, 1.807) is 29.7 Å². The molecule has 3 atom stereocenters. The van der Waals surface area contributed by atoms with E-state index in [1.165, 1.54) is 23.5 Å². The number of carbonyl (C=O) groups excluding carboxylic acids is 2. The van der Waals surface area contributed by atoms with Crippen LogP contribution in [0.2, 0.25) is 0 Å². The Morgan fingerprint density at radius 1 is 1.11 bits per heavy atom. The Morgan fingerprint density at radius 3 is 2.49 bits per heavy atom. The van der Waals surface area contributed by atoms with Crippen molar-refractivity contribution in [2.75, 3.05) is 0 Å². The van der Waals surface area contributed by atoms with Gasteiger partial charge in [-0.1, -0.05) is 18.2 Å². The fourth-order valence-electron chi connectivity index (χ4n) is 3.54. The van der Waals surface area contributed by atoms with Crippen molar-refractivity contribution < 1.29 is 37.8 Å². The molecule has 1 heterocycles. The lowest BCUT2D eigenvalue weighted by molar-refractivity contribution is -0.142. The number of nitrogens with one attached hydrogen (secondary N) is 2. The van der Waals surface area contributed by atoms with E-state index < -0.39 is 41.6 Å². The number of rotatable bonds is 9. The first-order valence-electron chi connectivity index (χ1n) is 10.6. The first-order valence-corrected chi connectivity index (χ1v) is 11.5. The number of amides is 2. The molecular weight excluding hydrogens is 485 g/mol. The highest BCUT2D eigenvalue weighted by Crippen LogP contribution is 2.29. The van der Waals surface area contributed by atoms with E-state index in [-0.39, 0.29) is 30.1 Å². The third kappa shape index (κ3) is 7.44. The molecule has 11 heteroatoms. The van der Waals surface area contributed by atoms with Gasteiger partial charge in [0.25, 0.3) is 5.91 Å². The first-order chi connectivity index (χ1) is 16.5. The number of hydrogen-bond donors (Lipinski definition) is 4. The maximum atomic E-state index is 13.0. The van der Waals surface area contributed by atoms with E-state index in [0.29, 0.717) is 12.5 Å². The lowest BCUT2D eigenvalue weighted by Crippen LogP contribution is -2.52. The van der Waals surface area contributed by atoms with Crippen molar-refractivity contribution in [3.05, 3.63) is 81.8 Å². The lowest BCUT2D eigenvalue weighted by Gasteiger charge is -2.24. The molecule has 0 aliphatic heterocycles. The number of carboxylic acids is 1. The van der Waals surface area contributed by atoms with Gasteiger partial charge in [-0.25, -0.2) is 4.79 Å². The Hall–Kier alpha value is -3.60. The minimum Gasteiger partial charge on any atom is -0.508 e. The second-order valence-corrected chi connectivity index (χ2v) is 9.04. The molecule has 0 spiro atoms. The van der Waals surface area contributed by atoms with Crippen LogP contribution in [-0.2, 0) is 22.2 Å². The van der Waals surface area contributed by atoms with Gasteiger partial charge in [-0.15, -0.1) is 11.3 Å². The van der Waals surface area contributed by atoms with Crippen LogP contribution in [0.4, 0.5) is 13.2 Å². The van der Waals surface area contributed by atoms with Crippen LogP contribution < -0.4 is 10.6 Å². The molecule has 1 aliphatic carbocycles. The van der Waals surface area contributed by atoms with Crippen LogP contribution in [0.25, 0.3) is 0 Å². The van der Waals surface area contributed by atoms with E-state index >= 15 is 0 Å². The van der Waals surface area contributed by atoms with Crippen molar-refractivity contribution in [2.45, 2.75) is 37.5 Å². The summed E-state index contributed by atoms with van der Waals surface area (Å²) >= 11 is 1.32. The molecule has 35 heavy (non-hydrogen) atoms. The molecule has 1 aliphatic rings. The van der Waals surface area contributed by atoms with Gasteiger partial charge in [0, 0.05) is 16.9 Å². The van der Waals surface area contributed by atoms with Crippen LogP contribution in [0.5, 0.6) is 0 Å². The van der Waals surface area contributed by atoms with Gasteiger partial charge in [-0.2, -0.15) is 13.2 Å². The normalized spacial score (nSPS) is 17.2. The van der Waals surface area contributed by atoms with Crippen LogP contribution in [0, 0.1) is 5.92 Å². The number of aliphatic hydroxyl groups excluding tert-OH is 1. The van der Waals surface area contributed by atoms with Crippen LogP contribution in [0.3, 0.4) is 0 Å². The maximum Gasteiger partial charge on any atom is 0.416 e. The van der Waals surface area contributed by atoms with Gasteiger partial charge in [-0.05, 0) is 60.6 Å². The number of carboxylic acid groups (broad SMARTS) is 1. The van der Waals surface area contributed by atoms with Gasteiger partial charge in [0.1, 0.15) is 17.8 Å². The summed E-state index contributed by atoms with van der Waals surface area (Å²) in [6.07, 6.45) is 0.473. The average molecular weight is 509 g/mol. The van der Waals surface area contributed by atoms with Crippen molar-refractivity contribution in [3.63, 3.8) is 0 Å². The number of carbonyl (C=O) groups is 3. The van der Waals surface area contributed by atoms with Crippen molar-refractivity contribution in [1.29, 1.82) is 0 Å². The largest absolute Gasteiger partial charge is 0.508 e. The van der Waals surface area contributed by atoms with Crippen molar-refractivity contribution in [1.82, 2.24) is 10.6 Å². The van der Waals surface area contributed by atoms with Crippen molar-refractivity contribution >= 4 is 29.1 Å². The van der Waals surface area contributed by atoms with Gasteiger partial charge < -0.3 is 20.8 Å². The Balaban J connectivity index is 1.75. The van der Waals surface area contributed by atoms with E-state index in [0.717, 1.165) is 17.0 Å². The van der Waals surface area contributed by atoms with Gasteiger partial charge in [-0.3, -0.25) is 9.59 Å². The zero-order valence-electron chi connectivity index (χ0n) is 18.3. The molecule has 3 rings (SSSR count). The number of halogens is 3. The Labute approximate surface area is 203 Å². The molecule has 7 nitrogen and oxygen atoms in total.